The summed E-state index contributed by atoms with van der Waals surface area (Å²) in [6.45, 7) is 3.74. The van der Waals surface area contributed by atoms with Crippen LogP contribution in [-0.2, 0) is 4.74 Å². The predicted molar refractivity (Wildman–Crippen MR) is 127 cm³/mol. The number of hydrogen-bond acceptors (Lipinski definition) is 7. The van der Waals surface area contributed by atoms with E-state index in [9.17, 15) is 24.9 Å². The van der Waals surface area contributed by atoms with Crippen molar-refractivity contribution < 1.29 is 29.6 Å². The van der Waals surface area contributed by atoms with Gasteiger partial charge in [-0.1, -0.05) is 6.07 Å². The van der Waals surface area contributed by atoms with E-state index in [1.165, 1.54) is 12.1 Å². The van der Waals surface area contributed by atoms with Gasteiger partial charge in [-0.15, -0.1) is 0 Å². The Balaban J connectivity index is 1.63. The van der Waals surface area contributed by atoms with Gasteiger partial charge in [-0.25, -0.2) is 0 Å². The first-order valence-corrected chi connectivity index (χ1v) is 11.4. The van der Waals surface area contributed by atoms with Gasteiger partial charge >= 0.3 is 0 Å². The highest BCUT2D eigenvalue weighted by Gasteiger charge is 2.38. The van der Waals surface area contributed by atoms with Gasteiger partial charge in [-0.2, -0.15) is 0 Å². The van der Waals surface area contributed by atoms with Crippen molar-refractivity contribution in [3.63, 3.8) is 0 Å². The zero-order valence-electron chi connectivity index (χ0n) is 19.5. The van der Waals surface area contributed by atoms with Gasteiger partial charge in [0.2, 0.25) is 0 Å². The number of carbonyl (C=O) groups excluding carboxylic acids is 2. The number of fused-ring (bicyclic) bond motifs is 4. The average Bonchev–Trinajstić information content (AvgIpc) is 2.77. The third-order valence-electron chi connectivity index (χ3n) is 7.15. The molecule has 0 amide bonds. The van der Waals surface area contributed by atoms with Crippen molar-refractivity contribution in [2.75, 3.05) is 14.1 Å². The van der Waals surface area contributed by atoms with E-state index < -0.39 is 17.7 Å². The summed E-state index contributed by atoms with van der Waals surface area (Å²) in [5.41, 5.74) is 1.14. The lowest BCUT2D eigenvalue weighted by Gasteiger charge is -2.38. The quantitative estimate of drug-likeness (QED) is 0.410. The molecule has 0 saturated carbocycles. The number of ketones is 2. The van der Waals surface area contributed by atoms with Gasteiger partial charge < -0.3 is 25.0 Å². The molecule has 0 spiro atoms. The van der Waals surface area contributed by atoms with Crippen molar-refractivity contribution in [3.8, 4) is 17.2 Å². The standard InChI is InChI=1S/C27H27NO6/c1-12-9-16-19(29)11-17-23(22(16)20(30)10-12)26(32)15-6-5-14(25(31)24(15)27(17)33)21-8-7-18(28(3)4)13(2)34-21/h5-6,9-11,13,18,21,29-31H,7-8H2,1-4H3/t13-,18-,21+/m0/s1. The first kappa shape index (κ1) is 22.4. The summed E-state index contributed by atoms with van der Waals surface area (Å²) in [7, 11) is 4.00. The number of aryl methyl sites for hydroxylation is 1. The number of benzene rings is 3. The summed E-state index contributed by atoms with van der Waals surface area (Å²) in [6, 6.07) is 7.82. The zero-order chi connectivity index (χ0) is 24.5. The molecule has 3 aromatic carbocycles. The molecule has 0 bridgehead atoms. The third kappa shape index (κ3) is 3.19. The second-order valence-electron chi connectivity index (χ2n) is 9.55. The van der Waals surface area contributed by atoms with E-state index in [2.05, 4.69) is 4.90 Å². The molecule has 1 heterocycles. The molecule has 1 fully saturated rings. The molecular weight excluding hydrogens is 434 g/mol. The fourth-order valence-electron chi connectivity index (χ4n) is 5.51. The normalized spacial score (nSPS) is 22.2. The molecular formula is C27H27NO6. The monoisotopic (exact) mass is 461 g/mol. The smallest absolute Gasteiger partial charge is 0.198 e. The van der Waals surface area contributed by atoms with E-state index in [0.29, 0.717) is 22.9 Å². The van der Waals surface area contributed by atoms with Crippen LogP contribution in [0.4, 0.5) is 0 Å². The van der Waals surface area contributed by atoms with Gasteiger partial charge in [-0.3, -0.25) is 9.59 Å². The highest BCUT2D eigenvalue weighted by Crippen LogP contribution is 2.45. The summed E-state index contributed by atoms with van der Waals surface area (Å²) < 4.78 is 6.18. The van der Waals surface area contributed by atoms with Crippen LogP contribution in [0.3, 0.4) is 0 Å². The van der Waals surface area contributed by atoms with Gasteiger partial charge in [0.05, 0.1) is 17.8 Å². The molecule has 34 heavy (non-hydrogen) atoms. The first-order chi connectivity index (χ1) is 16.1. The maximum atomic E-state index is 13.5. The molecule has 1 aliphatic heterocycles. The minimum atomic E-state index is -0.573. The molecule has 1 saturated heterocycles. The molecule has 3 aromatic rings. The zero-order valence-corrected chi connectivity index (χ0v) is 19.5. The average molecular weight is 462 g/mol. The maximum Gasteiger partial charge on any atom is 0.198 e. The lowest BCUT2D eigenvalue weighted by Crippen LogP contribution is -2.43. The Kier molecular flexibility index (Phi) is 5.15. The van der Waals surface area contributed by atoms with Crippen LogP contribution in [0.2, 0.25) is 0 Å². The van der Waals surface area contributed by atoms with Gasteiger partial charge in [-0.05, 0) is 70.6 Å². The molecule has 1 aliphatic carbocycles. The molecule has 5 rings (SSSR count). The van der Waals surface area contributed by atoms with Crippen LogP contribution in [0, 0.1) is 6.92 Å². The molecule has 0 radical (unpaired) electrons. The Morgan fingerprint density at radius 2 is 1.62 bits per heavy atom. The summed E-state index contributed by atoms with van der Waals surface area (Å²) in [4.78, 5) is 29.2. The fraction of sp³-hybridized carbons (Fsp3) is 0.333. The number of phenolic OH excluding ortho intramolecular Hbond substituents is 3. The minimum absolute atomic E-state index is 0.0336. The largest absolute Gasteiger partial charge is 0.507 e. The molecule has 0 unspecified atom stereocenters. The molecule has 0 aromatic heterocycles. The van der Waals surface area contributed by atoms with Gasteiger partial charge in [0.1, 0.15) is 17.2 Å². The summed E-state index contributed by atoms with van der Waals surface area (Å²) in [6.07, 6.45) is 1.05. The van der Waals surface area contributed by atoms with Crippen LogP contribution in [0.1, 0.15) is 68.8 Å². The van der Waals surface area contributed by atoms with Crippen LogP contribution in [-0.4, -0.2) is 58.0 Å². The van der Waals surface area contributed by atoms with Crippen molar-refractivity contribution >= 4 is 22.3 Å². The number of phenols is 3. The van der Waals surface area contributed by atoms with E-state index >= 15 is 0 Å². The van der Waals surface area contributed by atoms with E-state index in [1.54, 1.807) is 25.1 Å². The Morgan fingerprint density at radius 1 is 0.912 bits per heavy atom. The van der Waals surface area contributed by atoms with Gasteiger partial charge in [0, 0.05) is 39.1 Å². The number of ether oxygens (including phenoxy) is 1. The molecule has 3 atom stereocenters. The van der Waals surface area contributed by atoms with E-state index in [1.807, 2.05) is 21.0 Å². The molecule has 176 valence electrons. The number of nitrogens with zero attached hydrogens (tertiary/aromatic N) is 1. The number of rotatable bonds is 2. The van der Waals surface area contributed by atoms with Crippen molar-refractivity contribution in [1.29, 1.82) is 0 Å². The Bertz CT molecular complexity index is 1380. The first-order valence-electron chi connectivity index (χ1n) is 11.4. The highest BCUT2D eigenvalue weighted by molar-refractivity contribution is 6.34. The van der Waals surface area contributed by atoms with Crippen LogP contribution in [0.15, 0.2) is 30.3 Å². The lowest BCUT2D eigenvalue weighted by atomic mass is 9.79. The fourth-order valence-corrected chi connectivity index (χ4v) is 5.51. The van der Waals surface area contributed by atoms with Crippen LogP contribution in [0.5, 0.6) is 17.2 Å². The number of carbonyl (C=O) groups is 2. The Labute approximate surface area is 197 Å². The number of likely N-dealkylation sites (N-methyl/N-ethyl adjacent to an activating group) is 1. The van der Waals surface area contributed by atoms with Crippen LogP contribution in [0.25, 0.3) is 10.8 Å². The second-order valence-corrected chi connectivity index (χ2v) is 9.55. The van der Waals surface area contributed by atoms with Crippen molar-refractivity contribution in [2.24, 2.45) is 0 Å². The predicted octanol–water partition coefficient (Wildman–Crippen LogP) is 4.21. The second kappa shape index (κ2) is 7.82. The number of hydrogen-bond donors (Lipinski definition) is 3. The van der Waals surface area contributed by atoms with E-state index in [4.69, 9.17) is 4.74 Å². The summed E-state index contributed by atoms with van der Waals surface area (Å²) in [5.74, 6) is -1.73. The Morgan fingerprint density at radius 3 is 2.29 bits per heavy atom. The van der Waals surface area contributed by atoms with E-state index in [0.717, 1.165) is 6.42 Å². The summed E-state index contributed by atoms with van der Waals surface area (Å²) in [5, 5.41) is 32.8. The van der Waals surface area contributed by atoms with Crippen LogP contribution < -0.4 is 0 Å². The highest BCUT2D eigenvalue weighted by atomic mass is 16.5. The molecule has 2 aliphatic rings. The topological polar surface area (TPSA) is 107 Å². The van der Waals surface area contributed by atoms with Crippen molar-refractivity contribution in [3.05, 3.63) is 63.7 Å². The summed E-state index contributed by atoms with van der Waals surface area (Å²) >= 11 is 0. The third-order valence-corrected chi connectivity index (χ3v) is 7.15. The van der Waals surface area contributed by atoms with Gasteiger partial charge in [0.25, 0.3) is 0 Å². The Hall–Kier alpha value is -3.42. The molecule has 7 nitrogen and oxygen atoms in total. The number of aromatic hydroxyl groups is 3. The van der Waals surface area contributed by atoms with Crippen LogP contribution >= 0.6 is 0 Å². The molecule has 7 heteroatoms. The molecule has 3 N–H and O–H groups in total. The minimum Gasteiger partial charge on any atom is -0.507 e. The van der Waals surface area contributed by atoms with Crippen molar-refractivity contribution in [1.82, 2.24) is 4.90 Å². The maximum absolute atomic E-state index is 13.5. The SMILES string of the molecule is Cc1cc(O)c2c3c(cc(O)c2c1)C(=O)c1c(ccc([C@H]2CC[C@H](N(C)C)[C@H](C)O2)c1O)C3=O. The van der Waals surface area contributed by atoms with Crippen molar-refractivity contribution in [2.45, 2.75) is 44.9 Å². The lowest BCUT2D eigenvalue weighted by molar-refractivity contribution is -0.0830. The van der Waals surface area contributed by atoms with E-state index in [-0.39, 0.29) is 57.0 Å². The van der Waals surface area contributed by atoms with Gasteiger partial charge in [0.15, 0.2) is 11.6 Å².